The van der Waals surface area contributed by atoms with E-state index in [1.165, 1.54) is 19.3 Å². The number of nitrogens with zero attached hydrogens (tertiary/aromatic N) is 2. The second-order valence-electron chi connectivity index (χ2n) is 7.13. The fourth-order valence-corrected chi connectivity index (χ4v) is 4.17. The topological polar surface area (TPSA) is 94.3 Å². The van der Waals surface area contributed by atoms with E-state index in [2.05, 4.69) is 15.5 Å². The summed E-state index contributed by atoms with van der Waals surface area (Å²) >= 11 is 0. The van der Waals surface area contributed by atoms with Crippen LogP contribution in [0, 0.1) is 17.8 Å². The molecule has 2 bridgehead atoms. The number of amides is 1. The highest BCUT2D eigenvalue weighted by Crippen LogP contribution is 2.49. The number of aromatic nitrogens is 2. The van der Waals surface area contributed by atoms with Gasteiger partial charge < -0.3 is 9.15 Å². The van der Waals surface area contributed by atoms with Crippen molar-refractivity contribution in [2.45, 2.75) is 32.1 Å². The van der Waals surface area contributed by atoms with Gasteiger partial charge in [0.2, 0.25) is 5.89 Å². The van der Waals surface area contributed by atoms with Gasteiger partial charge in [0.1, 0.15) is 0 Å². The summed E-state index contributed by atoms with van der Waals surface area (Å²) in [5.41, 5.74) is 0.762. The van der Waals surface area contributed by atoms with E-state index in [0.29, 0.717) is 24.1 Å². The Morgan fingerprint density at radius 2 is 2.00 bits per heavy atom. The summed E-state index contributed by atoms with van der Waals surface area (Å²) in [6, 6.07) is 9.24. The molecule has 2 aromatic rings. The Balaban J connectivity index is 1.23. The number of anilines is 1. The van der Waals surface area contributed by atoms with Crippen molar-refractivity contribution < 1.29 is 18.7 Å². The van der Waals surface area contributed by atoms with Gasteiger partial charge in [0, 0.05) is 12.0 Å². The Bertz CT molecular complexity index is 789. The summed E-state index contributed by atoms with van der Waals surface area (Å²) in [5, 5.41) is 10.1. The van der Waals surface area contributed by atoms with Crippen molar-refractivity contribution in [3.05, 3.63) is 30.3 Å². The first-order valence-electron chi connectivity index (χ1n) is 9.02. The number of benzene rings is 1. The zero-order valence-corrected chi connectivity index (χ0v) is 14.4. The molecule has 26 heavy (non-hydrogen) atoms. The summed E-state index contributed by atoms with van der Waals surface area (Å²) in [4.78, 5) is 23.9. The predicted octanol–water partition coefficient (Wildman–Crippen LogP) is 3.04. The molecule has 136 valence electrons. The molecule has 3 atom stereocenters. The molecule has 7 nitrogen and oxygen atoms in total. The third-order valence-corrected chi connectivity index (χ3v) is 5.37. The number of carbonyl (C=O) groups excluding carboxylic acids is 2. The zero-order chi connectivity index (χ0) is 17.9. The molecule has 0 unspecified atom stereocenters. The lowest BCUT2D eigenvalue weighted by molar-refractivity contribution is -0.148. The monoisotopic (exact) mass is 355 g/mol. The Morgan fingerprint density at radius 1 is 1.15 bits per heavy atom. The van der Waals surface area contributed by atoms with Gasteiger partial charge in [-0.05, 0) is 49.1 Å². The van der Waals surface area contributed by atoms with Gasteiger partial charge in [0.05, 0.1) is 0 Å². The fourth-order valence-electron chi connectivity index (χ4n) is 4.17. The first kappa shape index (κ1) is 16.8. The molecule has 1 aromatic carbocycles. The van der Waals surface area contributed by atoms with E-state index in [1.807, 2.05) is 30.3 Å². The molecular formula is C19H21N3O4. The van der Waals surface area contributed by atoms with Gasteiger partial charge >= 0.3 is 12.0 Å². The molecule has 4 rings (SSSR count). The van der Waals surface area contributed by atoms with E-state index in [0.717, 1.165) is 17.9 Å². The van der Waals surface area contributed by atoms with Crippen LogP contribution in [0.5, 0.6) is 0 Å². The second kappa shape index (κ2) is 7.27. The number of hydrogen-bond donors (Lipinski definition) is 1. The van der Waals surface area contributed by atoms with E-state index >= 15 is 0 Å². The van der Waals surface area contributed by atoms with Gasteiger partial charge in [-0.15, -0.1) is 5.10 Å². The van der Waals surface area contributed by atoms with Crippen LogP contribution in [0.3, 0.4) is 0 Å². The van der Waals surface area contributed by atoms with Crippen LogP contribution in [0.2, 0.25) is 0 Å². The molecular weight excluding hydrogens is 334 g/mol. The van der Waals surface area contributed by atoms with Gasteiger partial charge in [0.25, 0.3) is 5.91 Å². The maximum atomic E-state index is 12.0. The van der Waals surface area contributed by atoms with E-state index in [-0.39, 0.29) is 18.6 Å². The minimum atomic E-state index is -0.491. The maximum absolute atomic E-state index is 12.0. The van der Waals surface area contributed by atoms with Crippen LogP contribution < -0.4 is 5.32 Å². The zero-order valence-electron chi connectivity index (χ0n) is 14.4. The van der Waals surface area contributed by atoms with Crippen molar-refractivity contribution in [3.8, 4) is 11.5 Å². The highest BCUT2D eigenvalue weighted by molar-refractivity contribution is 5.91. The van der Waals surface area contributed by atoms with Crippen molar-refractivity contribution in [1.82, 2.24) is 10.2 Å². The van der Waals surface area contributed by atoms with Gasteiger partial charge in [0.15, 0.2) is 6.61 Å². The van der Waals surface area contributed by atoms with Crippen LogP contribution in [-0.4, -0.2) is 28.7 Å². The lowest BCUT2D eigenvalue weighted by Crippen LogP contribution is -2.23. The van der Waals surface area contributed by atoms with E-state index in [1.54, 1.807) is 0 Å². The molecule has 7 heteroatoms. The summed E-state index contributed by atoms with van der Waals surface area (Å²) in [6.07, 6.45) is 5.31. The number of nitrogens with one attached hydrogen (secondary N) is 1. The Kier molecular flexibility index (Phi) is 4.69. The van der Waals surface area contributed by atoms with Crippen molar-refractivity contribution in [2.75, 3.05) is 11.9 Å². The minimum Gasteiger partial charge on any atom is -0.456 e. The SMILES string of the molecule is O=C(COC(=O)C[C@H]1C[C@H]2CC[C@@H]1C2)Nc1nnc(-c2ccccc2)o1. The summed E-state index contributed by atoms with van der Waals surface area (Å²) < 4.78 is 10.5. The lowest BCUT2D eigenvalue weighted by Gasteiger charge is -2.20. The van der Waals surface area contributed by atoms with Crippen LogP contribution in [0.1, 0.15) is 32.1 Å². The normalized spacial score (nSPS) is 23.8. The maximum Gasteiger partial charge on any atom is 0.322 e. The molecule has 1 N–H and O–H groups in total. The number of ether oxygens (including phenoxy) is 1. The van der Waals surface area contributed by atoms with E-state index in [9.17, 15) is 9.59 Å². The molecule has 2 aliphatic rings. The predicted molar refractivity (Wildman–Crippen MR) is 92.9 cm³/mol. The summed E-state index contributed by atoms with van der Waals surface area (Å²) in [5.74, 6) is 1.39. The quantitative estimate of drug-likeness (QED) is 0.801. The van der Waals surface area contributed by atoms with Gasteiger partial charge in [-0.1, -0.05) is 29.7 Å². The minimum absolute atomic E-state index is 0.0157. The molecule has 2 fully saturated rings. The Hall–Kier alpha value is -2.70. The molecule has 0 saturated heterocycles. The first-order chi connectivity index (χ1) is 12.7. The fraction of sp³-hybridized carbons (Fsp3) is 0.474. The average Bonchev–Trinajstić information content (AvgIpc) is 3.38. The third-order valence-electron chi connectivity index (χ3n) is 5.37. The molecule has 1 heterocycles. The van der Waals surface area contributed by atoms with Crippen LogP contribution in [-0.2, 0) is 14.3 Å². The first-order valence-corrected chi connectivity index (χ1v) is 9.02. The summed E-state index contributed by atoms with van der Waals surface area (Å²) in [6.45, 7) is -0.345. The Morgan fingerprint density at radius 3 is 2.73 bits per heavy atom. The third kappa shape index (κ3) is 3.76. The highest BCUT2D eigenvalue weighted by atomic mass is 16.5. The molecule has 1 aromatic heterocycles. The molecule has 2 aliphatic carbocycles. The van der Waals surface area contributed by atoms with Crippen molar-refractivity contribution in [3.63, 3.8) is 0 Å². The van der Waals surface area contributed by atoms with Crippen LogP contribution in [0.4, 0.5) is 6.01 Å². The molecule has 0 spiro atoms. The molecule has 2 saturated carbocycles. The standard InChI is InChI=1S/C19H21N3O4/c23-16(11-25-17(24)10-15-9-12-6-7-14(15)8-12)20-19-22-21-18(26-19)13-4-2-1-3-5-13/h1-5,12,14-15H,6-11H2,(H,20,22,23)/t12-,14+,15+/m0/s1. The largest absolute Gasteiger partial charge is 0.456 e. The summed E-state index contributed by atoms with van der Waals surface area (Å²) in [7, 11) is 0. The van der Waals surface area contributed by atoms with Crippen molar-refractivity contribution in [2.24, 2.45) is 17.8 Å². The number of hydrogen-bond acceptors (Lipinski definition) is 6. The van der Waals surface area contributed by atoms with Gasteiger partial charge in [-0.2, -0.15) is 0 Å². The van der Waals surface area contributed by atoms with Crippen molar-refractivity contribution in [1.29, 1.82) is 0 Å². The van der Waals surface area contributed by atoms with Crippen molar-refractivity contribution >= 4 is 17.9 Å². The molecule has 0 radical (unpaired) electrons. The van der Waals surface area contributed by atoms with Gasteiger partial charge in [-0.25, -0.2) is 0 Å². The number of rotatable bonds is 6. The number of esters is 1. The van der Waals surface area contributed by atoms with E-state index in [4.69, 9.17) is 9.15 Å². The average molecular weight is 355 g/mol. The number of carbonyl (C=O) groups is 2. The molecule has 0 aliphatic heterocycles. The van der Waals surface area contributed by atoms with Crippen LogP contribution >= 0.6 is 0 Å². The van der Waals surface area contributed by atoms with Crippen LogP contribution in [0.15, 0.2) is 34.7 Å². The van der Waals surface area contributed by atoms with Crippen LogP contribution in [0.25, 0.3) is 11.5 Å². The number of fused-ring (bicyclic) bond motifs is 2. The highest BCUT2D eigenvalue weighted by Gasteiger charge is 2.40. The van der Waals surface area contributed by atoms with E-state index < -0.39 is 5.91 Å². The lowest BCUT2D eigenvalue weighted by atomic mass is 9.86. The smallest absolute Gasteiger partial charge is 0.322 e. The Labute approximate surface area is 151 Å². The van der Waals surface area contributed by atoms with Gasteiger partial charge in [-0.3, -0.25) is 14.9 Å². The second-order valence-corrected chi connectivity index (χ2v) is 7.13. The molecule has 1 amide bonds.